The Kier molecular flexibility index (Phi) is 47.0. The van der Waals surface area contributed by atoms with Crippen molar-refractivity contribution in [3.8, 4) is 0 Å². The van der Waals surface area contributed by atoms with E-state index in [1.165, 1.54) is 190 Å². The Morgan fingerprint density at radius 3 is 1.40 bits per heavy atom. The Morgan fingerprint density at radius 2 is 0.918 bits per heavy atom. The van der Waals surface area contributed by atoms with Crippen LogP contribution in [0.4, 0.5) is 0 Å². The number of carbonyl (C=O) groups is 2. The zero-order chi connectivity index (χ0) is 53.3. The van der Waals surface area contributed by atoms with Crippen LogP contribution in [0, 0.1) is 11.8 Å². The molecule has 3 unspecified atom stereocenters. The largest absolute Gasteiger partial charge is 0.498 e. The smallest absolute Gasteiger partial charge is 0.308 e. The van der Waals surface area contributed by atoms with Crippen LogP contribution in [0.3, 0.4) is 0 Å². The fourth-order valence-corrected chi connectivity index (χ4v) is 10.5. The summed E-state index contributed by atoms with van der Waals surface area (Å²) in [4.78, 5) is 26.9. The second-order valence-corrected chi connectivity index (χ2v) is 22.1. The van der Waals surface area contributed by atoms with Crippen molar-refractivity contribution in [1.82, 2.24) is 16.0 Å². The van der Waals surface area contributed by atoms with Crippen LogP contribution in [-0.2, 0) is 19.1 Å². The molecule has 0 aromatic rings. The summed E-state index contributed by atoms with van der Waals surface area (Å²) in [5.74, 6) is 2.93. The van der Waals surface area contributed by atoms with Crippen LogP contribution < -0.4 is 21.7 Å². The zero-order valence-corrected chi connectivity index (χ0v) is 49.8. The minimum Gasteiger partial charge on any atom is -0.498 e. The summed E-state index contributed by atoms with van der Waals surface area (Å²) in [5.41, 5.74) is 10.5. The molecule has 3 atom stereocenters. The summed E-state index contributed by atoms with van der Waals surface area (Å²) >= 11 is 0. The van der Waals surface area contributed by atoms with Gasteiger partial charge >= 0.3 is 5.97 Å². The molecule has 0 heterocycles. The Balaban J connectivity index is 0.0000131. The maximum absolute atomic E-state index is 13.8. The number of ether oxygens (including phenoxy) is 2. The van der Waals surface area contributed by atoms with Gasteiger partial charge in [0.2, 0.25) is 5.91 Å². The number of nitrogens with one attached hydrogen (secondary N) is 3. The standard InChI is InChI=1S/C63H118N4O4.C2H6/c1-6-11-15-19-24-32-41-55(40-30-17-13-8-3)61(56-46-39-47-56)70-52-36-28-22-21-27-35-50-66-62(68)59(49-51-65-60(64)10-5)67-58(54-44-38-45-54)48-34-26-23-29-37-53-71-63(69)57(42-31-18-14-9-4)43-33-25-20-16-12-7-2;1-2/h10,55,57,59,65,67H,6-9,11-53,64H2,1-5H3,(H,66,68);1-2H3/b60-10-;. The summed E-state index contributed by atoms with van der Waals surface area (Å²) in [6, 6.07) is -0.289. The average molecular weight is 1030 g/mol. The van der Waals surface area contributed by atoms with E-state index < -0.39 is 0 Å². The third-order valence-corrected chi connectivity index (χ3v) is 15.7. The van der Waals surface area contributed by atoms with Crippen LogP contribution in [0.25, 0.3) is 0 Å². The van der Waals surface area contributed by atoms with E-state index >= 15 is 0 Å². The van der Waals surface area contributed by atoms with Gasteiger partial charge in [-0.1, -0.05) is 220 Å². The normalized spacial score (nSPS) is 14.5. The third-order valence-electron chi connectivity index (χ3n) is 15.7. The Morgan fingerprint density at radius 1 is 0.493 bits per heavy atom. The third kappa shape index (κ3) is 36.1. The van der Waals surface area contributed by atoms with E-state index in [-0.39, 0.29) is 23.8 Å². The average Bonchev–Trinajstić information content (AvgIpc) is 3.37. The first-order chi connectivity index (χ1) is 35.9. The minimum atomic E-state index is -0.289. The molecule has 5 N–H and O–H groups in total. The van der Waals surface area contributed by atoms with Gasteiger partial charge in [-0.3, -0.25) is 9.59 Å². The molecule has 0 bridgehead atoms. The lowest BCUT2D eigenvalue weighted by Gasteiger charge is -2.28. The van der Waals surface area contributed by atoms with Gasteiger partial charge in [0.25, 0.3) is 0 Å². The Labute approximate surface area is 454 Å². The topological polar surface area (TPSA) is 115 Å². The molecular formula is C65H124N4O4. The summed E-state index contributed by atoms with van der Waals surface area (Å²) in [6.07, 6.45) is 53.8. The first kappa shape index (κ1) is 68.4. The SMILES string of the molecule is C/C=C(/N)NCCC(NC(CCCCCCCOC(=O)C(CCCCCC)CCCCCCCC)=C1CCC1)C(=O)NCCCCCCCCOC(=C1CCC1)C(CCCCCC)CCCCCCCC.CC. The van der Waals surface area contributed by atoms with Gasteiger partial charge in [0.15, 0.2) is 0 Å². The van der Waals surface area contributed by atoms with Gasteiger partial charge < -0.3 is 31.2 Å². The van der Waals surface area contributed by atoms with Crippen molar-refractivity contribution >= 4 is 11.9 Å². The maximum Gasteiger partial charge on any atom is 0.308 e. The lowest BCUT2D eigenvalue weighted by Crippen LogP contribution is -2.46. The molecule has 0 saturated heterocycles. The molecule has 73 heavy (non-hydrogen) atoms. The van der Waals surface area contributed by atoms with Crippen LogP contribution in [-0.4, -0.2) is 44.2 Å². The first-order valence-corrected chi connectivity index (χ1v) is 32.3. The molecule has 428 valence electrons. The van der Waals surface area contributed by atoms with Gasteiger partial charge in [-0.2, -0.15) is 0 Å². The first-order valence-electron chi connectivity index (χ1n) is 32.3. The molecule has 0 radical (unpaired) electrons. The van der Waals surface area contributed by atoms with E-state index in [9.17, 15) is 9.59 Å². The van der Waals surface area contributed by atoms with E-state index in [1.54, 1.807) is 5.57 Å². The lowest BCUT2D eigenvalue weighted by atomic mass is 9.83. The van der Waals surface area contributed by atoms with Crippen molar-refractivity contribution in [2.24, 2.45) is 17.6 Å². The Bertz CT molecular complexity index is 1380. The van der Waals surface area contributed by atoms with E-state index in [4.69, 9.17) is 15.2 Å². The van der Waals surface area contributed by atoms with Gasteiger partial charge in [-0.25, -0.2) is 0 Å². The van der Waals surface area contributed by atoms with Gasteiger partial charge in [-0.15, -0.1) is 0 Å². The number of nitrogens with two attached hydrogens (primary N) is 1. The minimum absolute atomic E-state index is 0.0489. The van der Waals surface area contributed by atoms with Crippen molar-refractivity contribution in [1.29, 1.82) is 0 Å². The lowest BCUT2D eigenvalue weighted by molar-refractivity contribution is -0.149. The summed E-state index contributed by atoms with van der Waals surface area (Å²) in [5, 5.41) is 10.4. The second-order valence-electron chi connectivity index (χ2n) is 22.1. The molecule has 8 heteroatoms. The van der Waals surface area contributed by atoms with Crippen molar-refractivity contribution < 1.29 is 19.1 Å². The molecule has 2 aliphatic carbocycles. The molecule has 8 nitrogen and oxygen atoms in total. The molecule has 1 amide bonds. The highest BCUT2D eigenvalue weighted by Crippen LogP contribution is 2.37. The highest BCUT2D eigenvalue weighted by atomic mass is 16.5. The van der Waals surface area contributed by atoms with Gasteiger partial charge in [-0.05, 0) is 121 Å². The Hall–Kier alpha value is -2.64. The predicted molar refractivity (Wildman–Crippen MR) is 316 cm³/mol. The molecule has 2 fully saturated rings. The monoisotopic (exact) mass is 1020 g/mol. The van der Waals surface area contributed by atoms with Crippen LogP contribution in [0.1, 0.15) is 325 Å². The van der Waals surface area contributed by atoms with Crippen LogP contribution in [0.15, 0.2) is 34.5 Å². The number of esters is 1. The number of unbranched alkanes of at least 4 members (excludes halogenated alkanes) is 25. The number of carbonyl (C=O) groups excluding carboxylic acids is 2. The molecule has 2 rings (SSSR count). The summed E-state index contributed by atoms with van der Waals surface area (Å²) < 4.78 is 12.6. The maximum atomic E-state index is 13.8. The fraction of sp³-hybridized carbons (Fsp3) is 0.877. The van der Waals surface area contributed by atoms with Crippen molar-refractivity contribution in [3.05, 3.63) is 34.5 Å². The summed E-state index contributed by atoms with van der Waals surface area (Å²) in [6.45, 7) is 17.8. The molecule has 0 aromatic heterocycles. The van der Waals surface area contributed by atoms with Gasteiger partial charge in [0, 0.05) is 24.7 Å². The molecule has 2 aliphatic rings. The molecule has 2 saturated carbocycles. The number of hydrogen-bond acceptors (Lipinski definition) is 7. The van der Waals surface area contributed by atoms with Gasteiger partial charge in [0.05, 0.1) is 30.7 Å². The molecule has 0 spiro atoms. The van der Waals surface area contributed by atoms with E-state index in [1.807, 2.05) is 26.8 Å². The van der Waals surface area contributed by atoms with Crippen molar-refractivity contribution in [2.75, 3.05) is 26.3 Å². The van der Waals surface area contributed by atoms with E-state index in [0.717, 1.165) is 109 Å². The quantitative estimate of drug-likeness (QED) is 0.0273. The second kappa shape index (κ2) is 50.2. The van der Waals surface area contributed by atoms with E-state index in [0.29, 0.717) is 31.3 Å². The fourth-order valence-electron chi connectivity index (χ4n) is 10.5. The van der Waals surface area contributed by atoms with Crippen LogP contribution in [0.2, 0.25) is 0 Å². The van der Waals surface area contributed by atoms with E-state index in [2.05, 4.69) is 43.6 Å². The number of amides is 1. The highest BCUT2D eigenvalue weighted by molar-refractivity contribution is 5.82. The predicted octanol–water partition coefficient (Wildman–Crippen LogP) is 18.7. The number of allylic oxidation sites excluding steroid dienone is 5. The molecular weight excluding hydrogens is 901 g/mol. The molecule has 0 aromatic carbocycles. The number of hydrogen-bond donors (Lipinski definition) is 4. The number of rotatable bonds is 51. The van der Waals surface area contributed by atoms with Crippen LogP contribution >= 0.6 is 0 Å². The van der Waals surface area contributed by atoms with Crippen molar-refractivity contribution in [3.63, 3.8) is 0 Å². The highest BCUT2D eigenvalue weighted by Gasteiger charge is 2.25. The van der Waals surface area contributed by atoms with Crippen molar-refractivity contribution in [2.45, 2.75) is 331 Å². The molecule has 0 aliphatic heterocycles. The van der Waals surface area contributed by atoms with Crippen LogP contribution in [0.5, 0.6) is 0 Å². The summed E-state index contributed by atoms with van der Waals surface area (Å²) in [7, 11) is 0. The van der Waals surface area contributed by atoms with Gasteiger partial charge in [0.1, 0.15) is 6.04 Å². The zero-order valence-electron chi connectivity index (χ0n) is 49.8.